The zero-order chi connectivity index (χ0) is 24.5. The van der Waals surface area contributed by atoms with Crippen molar-refractivity contribution in [1.82, 2.24) is 19.8 Å². The van der Waals surface area contributed by atoms with Crippen molar-refractivity contribution in [3.8, 4) is 11.8 Å². The van der Waals surface area contributed by atoms with Crippen LogP contribution in [0.2, 0.25) is 5.02 Å². The molecule has 2 heterocycles. The Labute approximate surface area is 205 Å². The fourth-order valence-electron chi connectivity index (χ4n) is 4.19. The van der Waals surface area contributed by atoms with Crippen LogP contribution in [0, 0.1) is 17.7 Å². The quantitative estimate of drug-likeness (QED) is 0.408. The molecular formula is C26H30ClFN6. The third kappa shape index (κ3) is 5.25. The van der Waals surface area contributed by atoms with Gasteiger partial charge in [0, 0.05) is 28.4 Å². The van der Waals surface area contributed by atoms with E-state index in [4.69, 9.17) is 17.3 Å². The van der Waals surface area contributed by atoms with E-state index in [9.17, 15) is 4.39 Å². The molecule has 6 nitrogen and oxygen atoms in total. The van der Waals surface area contributed by atoms with Crippen molar-refractivity contribution in [1.29, 1.82) is 0 Å². The number of benzene rings is 2. The molecule has 1 saturated heterocycles. The SMILES string of the molecule is CN1CCC(N(C)C(C)(C)C#Cc2cc3ncnc(Nc4ccc(F)c(Cl)c4)c3cc2N)CC1. The molecule has 34 heavy (non-hydrogen) atoms. The number of piperidine rings is 1. The maximum atomic E-state index is 13.5. The number of hydrogen-bond acceptors (Lipinski definition) is 6. The Kier molecular flexibility index (Phi) is 6.94. The van der Waals surface area contributed by atoms with E-state index in [0.717, 1.165) is 36.9 Å². The maximum Gasteiger partial charge on any atom is 0.141 e. The zero-order valence-electron chi connectivity index (χ0n) is 20.0. The molecule has 3 aromatic rings. The van der Waals surface area contributed by atoms with Gasteiger partial charge in [-0.15, -0.1) is 0 Å². The molecule has 178 valence electrons. The molecule has 4 rings (SSSR count). The van der Waals surface area contributed by atoms with E-state index in [2.05, 4.69) is 64.9 Å². The molecule has 0 amide bonds. The molecule has 0 bridgehead atoms. The predicted molar refractivity (Wildman–Crippen MR) is 138 cm³/mol. The summed E-state index contributed by atoms with van der Waals surface area (Å²) in [5.74, 6) is 6.80. The van der Waals surface area contributed by atoms with E-state index in [-0.39, 0.29) is 10.6 Å². The van der Waals surface area contributed by atoms with Gasteiger partial charge in [-0.25, -0.2) is 14.4 Å². The van der Waals surface area contributed by atoms with Gasteiger partial charge in [-0.05, 0) is 84.2 Å². The summed E-state index contributed by atoms with van der Waals surface area (Å²) in [5, 5.41) is 3.95. The Balaban J connectivity index is 1.59. The topological polar surface area (TPSA) is 70.3 Å². The molecule has 0 unspecified atom stereocenters. The van der Waals surface area contributed by atoms with Gasteiger partial charge in [0.1, 0.15) is 18.0 Å². The lowest BCUT2D eigenvalue weighted by atomic mass is 9.96. The van der Waals surface area contributed by atoms with Crippen LogP contribution in [0.5, 0.6) is 0 Å². The first-order valence-electron chi connectivity index (χ1n) is 11.3. The molecule has 0 saturated carbocycles. The summed E-state index contributed by atoms with van der Waals surface area (Å²) in [7, 11) is 4.32. The number of aromatic nitrogens is 2. The van der Waals surface area contributed by atoms with E-state index >= 15 is 0 Å². The van der Waals surface area contributed by atoms with Crippen LogP contribution in [0.15, 0.2) is 36.7 Å². The van der Waals surface area contributed by atoms with Crippen molar-refractivity contribution in [3.05, 3.63) is 53.1 Å². The summed E-state index contributed by atoms with van der Waals surface area (Å²) in [6.45, 7) is 6.51. The number of likely N-dealkylation sites (tertiary alicyclic amines) is 1. The van der Waals surface area contributed by atoms with Crippen LogP contribution < -0.4 is 11.1 Å². The third-order valence-corrected chi connectivity index (χ3v) is 6.90. The van der Waals surface area contributed by atoms with Gasteiger partial charge in [0.2, 0.25) is 0 Å². The van der Waals surface area contributed by atoms with Crippen LogP contribution in [-0.2, 0) is 0 Å². The Morgan fingerprint density at radius 1 is 1.21 bits per heavy atom. The Morgan fingerprint density at radius 2 is 1.94 bits per heavy atom. The Hall–Kier alpha value is -2.92. The molecule has 1 aromatic heterocycles. The molecule has 1 aliphatic rings. The second-order valence-corrected chi connectivity index (χ2v) is 9.79. The van der Waals surface area contributed by atoms with Crippen molar-refractivity contribution in [2.24, 2.45) is 0 Å². The first-order valence-corrected chi connectivity index (χ1v) is 11.7. The molecule has 0 atom stereocenters. The summed E-state index contributed by atoms with van der Waals surface area (Å²) in [6, 6.07) is 8.63. The van der Waals surface area contributed by atoms with Gasteiger partial charge in [0.05, 0.1) is 16.1 Å². The van der Waals surface area contributed by atoms with Gasteiger partial charge < -0.3 is 16.0 Å². The molecule has 2 aromatic carbocycles. The lowest BCUT2D eigenvalue weighted by molar-refractivity contribution is 0.0912. The molecule has 1 fully saturated rings. The first-order chi connectivity index (χ1) is 16.1. The maximum absolute atomic E-state index is 13.5. The van der Waals surface area contributed by atoms with Crippen molar-refractivity contribution >= 4 is 39.7 Å². The van der Waals surface area contributed by atoms with Crippen molar-refractivity contribution in [2.45, 2.75) is 38.3 Å². The second kappa shape index (κ2) is 9.75. The summed E-state index contributed by atoms with van der Waals surface area (Å²) in [5.41, 5.74) is 8.69. The smallest absolute Gasteiger partial charge is 0.141 e. The largest absolute Gasteiger partial charge is 0.398 e. The number of nitrogens with zero attached hydrogens (tertiary/aromatic N) is 4. The van der Waals surface area contributed by atoms with E-state index < -0.39 is 5.82 Å². The normalized spacial score (nSPS) is 15.4. The Morgan fingerprint density at radius 3 is 2.65 bits per heavy atom. The highest BCUT2D eigenvalue weighted by molar-refractivity contribution is 6.31. The molecule has 0 radical (unpaired) electrons. The fourth-order valence-corrected chi connectivity index (χ4v) is 4.37. The fraction of sp³-hybridized carbons (Fsp3) is 0.385. The first kappa shape index (κ1) is 24.2. The van der Waals surface area contributed by atoms with Gasteiger partial charge in [-0.3, -0.25) is 4.90 Å². The van der Waals surface area contributed by atoms with E-state index in [1.807, 2.05) is 12.1 Å². The second-order valence-electron chi connectivity index (χ2n) is 9.39. The van der Waals surface area contributed by atoms with Crippen LogP contribution in [0.1, 0.15) is 32.3 Å². The van der Waals surface area contributed by atoms with Gasteiger partial charge in [0.15, 0.2) is 0 Å². The van der Waals surface area contributed by atoms with Gasteiger partial charge >= 0.3 is 0 Å². The van der Waals surface area contributed by atoms with E-state index in [1.54, 1.807) is 6.07 Å². The number of hydrogen-bond donors (Lipinski definition) is 2. The molecule has 0 aliphatic carbocycles. The van der Waals surface area contributed by atoms with Gasteiger partial charge in [0.25, 0.3) is 0 Å². The molecule has 3 N–H and O–H groups in total. The minimum atomic E-state index is -0.475. The molecule has 1 aliphatic heterocycles. The molecule has 0 spiro atoms. The number of halogens is 2. The number of anilines is 3. The molecule has 8 heteroatoms. The van der Waals surface area contributed by atoms with Gasteiger partial charge in [-0.2, -0.15) is 0 Å². The number of nitrogens with one attached hydrogen (secondary N) is 1. The summed E-state index contributed by atoms with van der Waals surface area (Å²) >= 11 is 5.91. The van der Waals surface area contributed by atoms with Crippen molar-refractivity contribution < 1.29 is 4.39 Å². The number of nitrogen functional groups attached to an aromatic ring is 1. The van der Waals surface area contributed by atoms with Gasteiger partial charge in [-0.1, -0.05) is 23.4 Å². The van der Waals surface area contributed by atoms with Crippen molar-refractivity contribution in [3.63, 3.8) is 0 Å². The van der Waals surface area contributed by atoms with E-state index in [1.165, 1.54) is 18.5 Å². The third-order valence-electron chi connectivity index (χ3n) is 6.61. The summed E-state index contributed by atoms with van der Waals surface area (Å²) in [4.78, 5) is 13.5. The highest BCUT2D eigenvalue weighted by Gasteiger charge is 2.29. The van der Waals surface area contributed by atoms with Crippen LogP contribution in [0.25, 0.3) is 10.9 Å². The monoisotopic (exact) mass is 480 g/mol. The summed E-state index contributed by atoms with van der Waals surface area (Å²) < 4.78 is 13.5. The highest BCUT2D eigenvalue weighted by atomic mass is 35.5. The van der Waals surface area contributed by atoms with Crippen LogP contribution in [-0.4, -0.2) is 58.5 Å². The van der Waals surface area contributed by atoms with Crippen LogP contribution >= 0.6 is 11.6 Å². The molecular weight excluding hydrogens is 451 g/mol. The van der Waals surface area contributed by atoms with Crippen molar-refractivity contribution in [2.75, 3.05) is 38.2 Å². The Bertz CT molecular complexity index is 1260. The zero-order valence-corrected chi connectivity index (χ0v) is 20.7. The number of fused-ring (bicyclic) bond motifs is 1. The highest BCUT2D eigenvalue weighted by Crippen LogP contribution is 2.29. The lowest BCUT2D eigenvalue weighted by Crippen LogP contribution is -2.50. The van der Waals surface area contributed by atoms with Crippen LogP contribution in [0.4, 0.5) is 21.6 Å². The predicted octanol–water partition coefficient (Wildman–Crippen LogP) is 4.90. The average molecular weight is 481 g/mol. The standard InChI is InChI=1S/C26H30ClFN6/c1-26(2,34(4)19-8-11-33(3)12-9-19)10-7-17-13-24-20(15-23(17)29)25(31-16-30-24)32-18-5-6-22(28)21(27)14-18/h5-6,13-16,19H,8-9,11-12,29H2,1-4H3,(H,30,31,32). The minimum absolute atomic E-state index is 0.0354. The summed E-state index contributed by atoms with van der Waals surface area (Å²) in [6.07, 6.45) is 3.76. The number of rotatable bonds is 4. The average Bonchev–Trinajstić information content (AvgIpc) is 2.80. The van der Waals surface area contributed by atoms with Crippen LogP contribution in [0.3, 0.4) is 0 Å². The lowest BCUT2D eigenvalue weighted by Gasteiger charge is -2.41. The minimum Gasteiger partial charge on any atom is -0.398 e. The van der Waals surface area contributed by atoms with E-state index in [0.29, 0.717) is 28.8 Å². The number of nitrogens with two attached hydrogens (primary N) is 1.